The summed E-state index contributed by atoms with van der Waals surface area (Å²) in [6.45, 7) is 3.42. The Morgan fingerprint density at radius 2 is 2.15 bits per heavy atom. The summed E-state index contributed by atoms with van der Waals surface area (Å²) in [5.74, 6) is 0.245. The Morgan fingerprint density at radius 1 is 1.33 bits per heavy atom. The van der Waals surface area contributed by atoms with Gasteiger partial charge in [-0.15, -0.1) is 5.10 Å². The van der Waals surface area contributed by atoms with Gasteiger partial charge in [0.2, 0.25) is 5.91 Å². The number of nitrogens with zero attached hydrogens (tertiary/aromatic N) is 4. The topological polar surface area (TPSA) is 89.1 Å². The van der Waals surface area contributed by atoms with Crippen LogP contribution in [0.15, 0.2) is 30.5 Å². The zero-order valence-corrected chi connectivity index (χ0v) is 15.2. The van der Waals surface area contributed by atoms with Gasteiger partial charge in [0.25, 0.3) is 0 Å². The predicted molar refractivity (Wildman–Crippen MR) is 97.7 cm³/mol. The standard InChI is InChI=1S/C19H25FN6O/c20-15-3-1-13(2-4-15)9-22-19(27)18-12-25-6-5-14(18)7-17(25)11-26-10-16(8-21)23-24-26/h1-4,10,14,17-18H,5-9,11-12,21H2,(H,22,27). The summed E-state index contributed by atoms with van der Waals surface area (Å²) < 4.78 is 14.8. The number of amides is 1. The normalized spacial score (nSPS) is 26.9. The molecule has 0 saturated carbocycles. The van der Waals surface area contributed by atoms with Crippen LogP contribution in [0.2, 0.25) is 0 Å². The van der Waals surface area contributed by atoms with Crippen LogP contribution in [0.4, 0.5) is 4.39 Å². The molecule has 1 amide bonds. The van der Waals surface area contributed by atoms with Gasteiger partial charge in [-0.05, 0) is 43.0 Å². The summed E-state index contributed by atoms with van der Waals surface area (Å²) in [6.07, 6.45) is 3.94. The van der Waals surface area contributed by atoms with Crippen molar-refractivity contribution in [3.63, 3.8) is 0 Å². The summed E-state index contributed by atoms with van der Waals surface area (Å²) in [7, 11) is 0. The van der Waals surface area contributed by atoms with Crippen LogP contribution in [0.25, 0.3) is 0 Å². The summed E-state index contributed by atoms with van der Waals surface area (Å²) >= 11 is 0. The third kappa shape index (κ3) is 4.01. The van der Waals surface area contributed by atoms with Gasteiger partial charge in [-0.3, -0.25) is 14.4 Å². The molecule has 3 aliphatic heterocycles. The number of aromatic nitrogens is 3. The Morgan fingerprint density at radius 3 is 2.81 bits per heavy atom. The van der Waals surface area contributed by atoms with E-state index in [1.165, 1.54) is 12.1 Å². The molecular formula is C19H25FN6O. The quantitative estimate of drug-likeness (QED) is 0.787. The first-order valence-electron chi connectivity index (χ1n) is 9.47. The van der Waals surface area contributed by atoms with Gasteiger partial charge < -0.3 is 11.1 Å². The molecule has 3 saturated heterocycles. The van der Waals surface area contributed by atoms with Crippen LogP contribution in [0, 0.1) is 17.7 Å². The number of fused-ring (bicyclic) bond motifs is 3. The van der Waals surface area contributed by atoms with Crippen LogP contribution >= 0.6 is 0 Å². The molecular weight excluding hydrogens is 347 g/mol. The molecule has 0 aliphatic carbocycles. The Labute approximate surface area is 157 Å². The summed E-state index contributed by atoms with van der Waals surface area (Å²) in [5, 5.41) is 11.2. The Hall–Kier alpha value is -2.32. The largest absolute Gasteiger partial charge is 0.352 e. The molecule has 0 spiro atoms. The van der Waals surface area contributed by atoms with E-state index in [0.29, 0.717) is 25.0 Å². The first-order chi connectivity index (χ1) is 13.1. The third-order valence-electron chi connectivity index (χ3n) is 5.79. The van der Waals surface area contributed by atoms with Crippen molar-refractivity contribution < 1.29 is 9.18 Å². The molecule has 3 N–H and O–H groups in total. The van der Waals surface area contributed by atoms with Gasteiger partial charge in [-0.2, -0.15) is 0 Å². The number of carbonyl (C=O) groups excluding carboxylic acids is 1. The number of hydrogen-bond donors (Lipinski definition) is 2. The van der Waals surface area contributed by atoms with Gasteiger partial charge in [0.05, 0.1) is 18.2 Å². The number of rotatable bonds is 6. The van der Waals surface area contributed by atoms with Crippen LogP contribution < -0.4 is 11.1 Å². The SMILES string of the molecule is NCc1cn(CC2CC3CCN2CC3C(=O)NCc2ccc(F)cc2)nn1. The molecule has 27 heavy (non-hydrogen) atoms. The molecule has 144 valence electrons. The van der Waals surface area contributed by atoms with Crippen LogP contribution in [-0.2, 0) is 24.4 Å². The van der Waals surface area contributed by atoms with E-state index < -0.39 is 0 Å². The van der Waals surface area contributed by atoms with E-state index in [2.05, 4.69) is 20.5 Å². The summed E-state index contributed by atoms with van der Waals surface area (Å²) in [6, 6.07) is 6.63. The summed E-state index contributed by atoms with van der Waals surface area (Å²) in [4.78, 5) is 15.1. The lowest BCUT2D eigenvalue weighted by Gasteiger charge is -2.49. The molecule has 4 unspecified atom stereocenters. The minimum Gasteiger partial charge on any atom is -0.352 e. The maximum atomic E-state index is 13.0. The maximum absolute atomic E-state index is 13.0. The van der Waals surface area contributed by atoms with Crippen molar-refractivity contribution in [3.05, 3.63) is 47.5 Å². The first kappa shape index (κ1) is 18.1. The molecule has 1 aromatic carbocycles. The lowest BCUT2D eigenvalue weighted by atomic mass is 9.75. The number of piperidine rings is 3. The second-order valence-electron chi connectivity index (χ2n) is 7.52. The Kier molecular flexibility index (Phi) is 5.18. The smallest absolute Gasteiger partial charge is 0.224 e. The van der Waals surface area contributed by atoms with Gasteiger partial charge in [0, 0.05) is 31.9 Å². The molecule has 0 radical (unpaired) electrons. The number of nitrogens with one attached hydrogen (secondary N) is 1. The van der Waals surface area contributed by atoms with Gasteiger partial charge in [-0.1, -0.05) is 17.3 Å². The van der Waals surface area contributed by atoms with Crippen LogP contribution in [-0.4, -0.2) is 44.9 Å². The fourth-order valence-corrected chi connectivity index (χ4v) is 4.28. The molecule has 1 aromatic heterocycles. The van der Waals surface area contributed by atoms with E-state index in [1.54, 1.807) is 12.1 Å². The average Bonchev–Trinajstić information content (AvgIpc) is 3.15. The van der Waals surface area contributed by atoms with Crippen LogP contribution in [0.5, 0.6) is 0 Å². The molecule has 4 heterocycles. The number of nitrogens with two attached hydrogens (primary N) is 1. The Balaban J connectivity index is 1.32. The van der Waals surface area contributed by atoms with Crippen molar-refractivity contribution in [2.75, 3.05) is 13.1 Å². The zero-order chi connectivity index (χ0) is 18.8. The number of carbonyl (C=O) groups is 1. The van der Waals surface area contributed by atoms with E-state index >= 15 is 0 Å². The van der Waals surface area contributed by atoms with E-state index in [-0.39, 0.29) is 17.6 Å². The minimum absolute atomic E-state index is 0.0193. The summed E-state index contributed by atoms with van der Waals surface area (Å²) in [5.41, 5.74) is 7.30. The van der Waals surface area contributed by atoms with Crippen molar-refractivity contribution in [3.8, 4) is 0 Å². The molecule has 3 aliphatic rings. The minimum atomic E-state index is -0.264. The number of benzene rings is 1. The molecule has 5 rings (SSSR count). The van der Waals surface area contributed by atoms with Crippen molar-refractivity contribution in [1.82, 2.24) is 25.2 Å². The van der Waals surface area contributed by atoms with Crippen molar-refractivity contribution in [1.29, 1.82) is 0 Å². The van der Waals surface area contributed by atoms with Crippen molar-refractivity contribution >= 4 is 5.91 Å². The van der Waals surface area contributed by atoms with E-state index in [4.69, 9.17) is 5.73 Å². The van der Waals surface area contributed by atoms with Crippen molar-refractivity contribution in [2.45, 2.75) is 38.5 Å². The molecule has 8 heteroatoms. The lowest BCUT2D eigenvalue weighted by molar-refractivity contribution is -0.133. The Bertz CT molecular complexity index is 792. The molecule has 4 atom stereocenters. The zero-order valence-electron chi connectivity index (χ0n) is 15.2. The van der Waals surface area contributed by atoms with E-state index in [9.17, 15) is 9.18 Å². The van der Waals surface area contributed by atoms with E-state index in [1.807, 2.05) is 10.9 Å². The van der Waals surface area contributed by atoms with Crippen LogP contribution in [0.3, 0.4) is 0 Å². The van der Waals surface area contributed by atoms with Gasteiger partial charge >= 0.3 is 0 Å². The third-order valence-corrected chi connectivity index (χ3v) is 5.79. The van der Waals surface area contributed by atoms with Gasteiger partial charge in [-0.25, -0.2) is 4.39 Å². The molecule has 3 fully saturated rings. The van der Waals surface area contributed by atoms with E-state index in [0.717, 1.165) is 43.7 Å². The lowest BCUT2D eigenvalue weighted by Crippen LogP contribution is -2.58. The van der Waals surface area contributed by atoms with Gasteiger partial charge in [0.15, 0.2) is 0 Å². The fraction of sp³-hybridized carbons (Fsp3) is 0.526. The first-order valence-corrected chi connectivity index (χ1v) is 9.47. The average molecular weight is 372 g/mol. The van der Waals surface area contributed by atoms with Crippen molar-refractivity contribution in [2.24, 2.45) is 17.6 Å². The maximum Gasteiger partial charge on any atom is 0.224 e. The number of halogens is 1. The molecule has 7 nitrogen and oxygen atoms in total. The second-order valence-corrected chi connectivity index (χ2v) is 7.52. The highest BCUT2D eigenvalue weighted by atomic mass is 19.1. The highest BCUT2D eigenvalue weighted by molar-refractivity contribution is 5.79. The number of hydrogen-bond acceptors (Lipinski definition) is 5. The van der Waals surface area contributed by atoms with Crippen LogP contribution in [0.1, 0.15) is 24.1 Å². The predicted octanol–water partition coefficient (Wildman–Crippen LogP) is 0.903. The highest BCUT2D eigenvalue weighted by Gasteiger charge is 2.43. The highest BCUT2D eigenvalue weighted by Crippen LogP contribution is 2.36. The molecule has 2 aromatic rings. The monoisotopic (exact) mass is 372 g/mol. The molecule has 2 bridgehead atoms. The van der Waals surface area contributed by atoms with Gasteiger partial charge in [0.1, 0.15) is 5.82 Å². The second kappa shape index (κ2) is 7.74. The fourth-order valence-electron chi connectivity index (χ4n) is 4.28.